The first-order valence-corrected chi connectivity index (χ1v) is 16.1. The number of esters is 2. The van der Waals surface area contributed by atoms with E-state index in [1.54, 1.807) is 26.0 Å². The van der Waals surface area contributed by atoms with Gasteiger partial charge in [0.05, 0.1) is 0 Å². The molecular weight excluding hydrogens is 644 g/mol. The molecule has 0 amide bonds. The molecule has 5 aromatic rings. The van der Waals surface area contributed by atoms with Gasteiger partial charge in [-0.15, -0.1) is 0 Å². The van der Waals surface area contributed by atoms with Crippen molar-refractivity contribution in [1.29, 1.82) is 0 Å². The molecule has 0 heterocycles. The van der Waals surface area contributed by atoms with Crippen LogP contribution in [0.25, 0.3) is 21.5 Å². The highest BCUT2D eigenvalue weighted by atomic mass is 35.5. The zero-order valence-electron chi connectivity index (χ0n) is 27.4. The minimum atomic E-state index is -0.762. The molecular formula is C40H37ClO8. The molecule has 0 N–H and O–H groups in total. The van der Waals surface area contributed by atoms with E-state index in [0.717, 1.165) is 10.8 Å². The standard InChI is InChI=1S/C40H37ClO8/c1-26(2)39(42)48-31(22-44-29-13-7-5-8-14-29)24-46-37-33-17-11-12-18-34(33)38(36-21-28(41)19-20-35(36)37)47-25-32(49-40(43)27(3)4)23-45-30-15-9-6-10-16-30/h5-21,31-32H,1,3,22-25H2,2,4H3. The highest BCUT2D eigenvalue weighted by Crippen LogP contribution is 2.44. The van der Waals surface area contributed by atoms with Crippen LogP contribution >= 0.6 is 11.6 Å². The van der Waals surface area contributed by atoms with Gasteiger partial charge in [-0.05, 0) is 56.3 Å². The molecule has 0 radical (unpaired) electrons. The van der Waals surface area contributed by atoms with Crippen LogP contribution in [0, 0.1) is 0 Å². The van der Waals surface area contributed by atoms with Crippen LogP contribution in [-0.2, 0) is 19.1 Å². The zero-order chi connectivity index (χ0) is 34.8. The van der Waals surface area contributed by atoms with Crippen LogP contribution in [0.15, 0.2) is 127 Å². The van der Waals surface area contributed by atoms with Crippen molar-refractivity contribution in [2.75, 3.05) is 26.4 Å². The normalized spacial score (nSPS) is 12.1. The molecule has 2 atom stereocenters. The Morgan fingerprint density at radius 2 is 0.939 bits per heavy atom. The largest absolute Gasteiger partial charge is 0.490 e. The molecule has 0 spiro atoms. The van der Waals surface area contributed by atoms with Gasteiger partial charge < -0.3 is 28.4 Å². The Morgan fingerprint density at radius 1 is 0.551 bits per heavy atom. The lowest BCUT2D eigenvalue weighted by Gasteiger charge is -2.23. The second-order valence-corrected chi connectivity index (χ2v) is 11.8. The summed E-state index contributed by atoms with van der Waals surface area (Å²) >= 11 is 6.51. The summed E-state index contributed by atoms with van der Waals surface area (Å²) in [6, 6.07) is 31.5. The molecule has 5 rings (SSSR count). The molecule has 0 fully saturated rings. The topological polar surface area (TPSA) is 89.5 Å². The molecule has 49 heavy (non-hydrogen) atoms. The Bertz CT molecular complexity index is 1940. The maximum absolute atomic E-state index is 12.5. The van der Waals surface area contributed by atoms with Crippen molar-refractivity contribution in [2.24, 2.45) is 0 Å². The number of hydrogen-bond acceptors (Lipinski definition) is 8. The number of hydrogen-bond donors (Lipinski definition) is 0. The third-order valence-electron chi connectivity index (χ3n) is 7.32. The fraction of sp³-hybridized carbons (Fsp3) is 0.200. The number of carbonyl (C=O) groups excluding carboxylic acids is 2. The van der Waals surface area contributed by atoms with Crippen LogP contribution in [0.2, 0.25) is 5.02 Å². The van der Waals surface area contributed by atoms with Gasteiger partial charge in [0.15, 0.2) is 12.2 Å². The van der Waals surface area contributed by atoms with E-state index in [1.165, 1.54) is 0 Å². The van der Waals surface area contributed by atoms with Crippen LogP contribution in [0.1, 0.15) is 13.8 Å². The van der Waals surface area contributed by atoms with E-state index in [9.17, 15) is 9.59 Å². The van der Waals surface area contributed by atoms with Gasteiger partial charge in [0.25, 0.3) is 0 Å². The first kappa shape index (κ1) is 34.9. The third kappa shape index (κ3) is 9.33. The van der Waals surface area contributed by atoms with E-state index in [4.69, 9.17) is 40.0 Å². The van der Waals surface area contributed by atoms with E-state index in [1.807, 2.05) is 91.0 Å². The Hall–Kier alpha value is -5.47. The maximum Gasteiger partial charge on any atom is 0.333 e. The summed E-state index contributed by atoms with van der Waals surface area (Å²) in [5.74, 6) is 1.23. The van der Waals surface area contributed by atoms with E-state index in [2.05, 4.69) is 13.2 Å². The number of fused-ring (bicyclic) bond motifs is 2. The van der Waals surface area contributed by atoms with Gasteiger partial charge in [0, 0.05) is 37.7 Å². The predicted octanol–water partition coefficient (Wildman–Crippen LogP) is 8.54. The summed E-state index contributed by atoms with van der Waals surface area (Å²) in [6.45, 7) is 10.6. The third-order valence-corrected chi connectivity index (χ3v) is 7.55. The average molecular weight is 681 g/mol. The van der Waals surface area contributed by atoms with E-state index in [-0.39, 0.29) is 37.6 Å². The van der Waals surface area contributed by atoms with Gasteiger partial charge in [-0.2, -0.15) is 0 Å². The molecule has 0 saturated carbocycles. The Kier molecular flexibility index (Phi) is 11.8. The first-order chi connectivity index (χ1) is 23.7. The summed E-state index contributed by atoms with van der Waals surface area (Å²) in [5.41, 5.74) is 0.522. The maximum atomic E-state index is 12.5. The molecule has 2 unspecified atom stereocenters. The first-order valence-electron chi connectivity index (χ1n) is 15.7. The van der Waals surface area contributed by atoms with Crippen LogP contribution in [0.5, 0.6) is 23.0 Å². The van der Waals surface area contributed by atoms with Gasteiger partial charge >= 0.3 is 11.9 Å². The molecule has 0 aliphatic rings. The summed E-state index contributed by atoms with van der Waals surface area (Å²) in [6.07, 6.45) is -1.52. The number of carbonyl (C=O) groups is 2. The fourth-order valence-electron chi connectivity index (χ4n) is 4.88. The van der Waals surface area contributed by atoms with Crippen molar-refractivity contribution in [3.05, 3.63) is 132 Å². The minimum Gasteiger partial charge on any atom is -0.490 e. The number of rotatable bonds is 16. The lowest BCUT2D eigenvalue weighted by Crippen LogP contribution is -2.31. The van der Waals surface area contributed by atoms with E-state index in [0.29, 0.717) is 38.8 Å². The van der Waals surface area contributed by atoms with Crippen molar-refractivity contribution in [3.8, 4) is 23.0 Å². The Morgan fingerprint density at radius 3 is 1.39 bits per heavy atom. The number of halogens is 1. The predicted molar refractivity (Wildman–Crippen MR) is 191 cm³/mol. The summed E-state index contributed by atoms with van der Waals surface area (Å²) in [4.78, 5) is 25.1. The number of benzene rings is 5. The molecule has 9 heteroatoms. The molecule has 5 aromatic carbocycles. The van der Waals surface area contributed by atoms with Crippen molar-refractivity contribution < 1.29 is 38.0 Å². The Labute approximate surface area is 290 Å². The highest BCUT2D eigenvalue weighted by molar-refractivity contribution is 6.31. The van der Waals surface area contributed by atoms with Crippen LogP contribution in [0.3, 0.4) is 0 Å². The van der Waals surface area contributed by atoms with Gasteiger partial charge in [-0.3, -0.25) is 0 Å². The second-order valence-electron chi connectivity index (χ2n) is 11.4. The van der Waals surface area contributed by atoms with Gasteiger partial charge in [0.1, 0.15) is 49.4 Å². The number of ether oxygens (including phenoxy) is 6. The Balaban J connectivity index is 1.45. The van der Waals surface area contributed by atoms with Crippen molar-refractivity contribution in [3.63, 3.8) is 0 Å². The van der Waals surface area contributed by atoms with Crippen molar-refractivity contribution in [1.82, 2.24) is 0 Å². The van der Waals surface area contributed by atoms with E-state index < -0.39 is 24.1 Å². The SMILES string of the molecule is C=C(C)C(=O)OC(COc1ccccc1)COc1c2ccccc2c(OCC(COc2ccccc2)OC(=O)C(=C)C)c2cc(Cl)ccc12. The minimum absolute atomic E-state index is 0.0104. The van der Waals surface area contributed by atoms with Crippen molar-refractivity contribution >= 4 is 45.1 Å². The molecule has 252 valence electrons. The molecule has 8 nitrogen and oxygen atoms in total. The molecule has 0 bridgehead atoms. The lowest BCUT2D eigenvalue weighted by molar-refractivity contribution is -0.148. The fourth-order valence-corrected chi connectivity index (χ4v) is 5.06. The van der Waals surface area contributed by atoms with Crippen LogP contribution in [-0.4, -0.2) is 50.6 Å². The van der Waals surface area contributed by atoms with Gasteiger partial charge in [-0.1, -0.05) is 85.4 Å². The molecule has 0 aliphatic heterocycles. The van der Waals surface area contributed by atoms with Gasteiger partial charge in [-0.25, -0.2) is 9.59 Å². The van der Waals surface area contributed by atoms with E-state index >= 15 is 0 Å². The van der Waals surface area contributed by atoms with Crippen LogP contribution in [0.4, 0.5) is 0 Å². The summed E-state index contributed by atoms with van der Waals surface area (Å²) < 4.78 is 36.2. The summed E-state index contributed by atoms with van der Waals surface area (Å²) in [7, 11) is 0. The van der Waals surface area contributed by atoms with Crippen molar-refractivity contribution in [2.45, 2.75) is 26.1 Å². The lowest BCUT2D eigenvalue weighted by atomic mass is 10.0. The highest BCUT2D eigenvalue weighted by Gasteiger charge is 2.23. The zero-order valence-corrected chi connectivity index (χ0v) is 28.1. The monoisotopic (exact) mass is 680 g/mol. The summed E-state index contributed by atoms with van der Waals surface area (Å²) in [5, 5.41) is 3.35. The van der Waals surface area contributed by atoms with Crippen LogP contribution < -0.4 is 18.9 Å². The van der Waals surface area contributed by atoms with Gasteiger partial charge in [0.2, 0.25) is 0 Å². The quantitative estimate of drug-likeness (QED) is 0.0582. The molecule has 0 aliphatic carbocycles. The smallest absolute Gasteiger partial charge is 0.333 e. The second kappa shape index (κ2) is 16.6. The molecule has 0 saturated heterocycles. The average Bonchev–Trinajstić information content (AvgIpc) is 3.11. The number of para-hydroxylation sites is 2. The molecule has 0 aromatic heterocycles.